The van der Waals surface area contributed by atoms with E-state index in [0.29, 0.717) is 15.8 Å². The van der Waals surface area contributed by atoms with Gasteiger partial charge in [-0.25, -0.2) is 0 Å². The van der Waals surface area contributed by atoms with Gasteiger partial charge in [-0.2, -0.15) is 0 Å². The highest BCUT2D eigenvalue weighted by Gasteiger charge is 2.33. The fourth-order valence-corrected chi connectivity index (χ4v) is 4.16. The highest BCUT2D eigenvalue weighted by Crippen LogP contribution is 2.28. The van der Waals surface area contributed by atoms with Crippen molar-refractivity contribution < 1.29 is 9.53 Å². The molecule has 0 aromatic heterocycles. The fraction of sp³-hybridized carbons (Fsp3) is 0.321. The van der Waals surface area contributed by atoms with Crippen LogP contribution in [0.4, 0.5) is 0 Å². The lowest BCUT2D eigenvalue weighted by atomic mass is 9.85. The smallest absolute Gasteiger partial charge is 0.263 e. The quantitative estimate of drug-likeness (QED) is 0.348. The van der Waals surface area contributed by atoms with Crippen molar-refractivity contribution >= 4 is 29.1 Å². The summed E-state index contributed by atoms with van der Waals surface area (Å²) in [6, 6.07) is 23.4. The molecule has 5 heteroatoms. The molecule has 33 heavy (non-hydrogen) atoms. The van der Waals surface area contributed by atoms with Crippen molar-refractivity contribution in [1.29, 1.82) is 0 Å². The molecule has 3 aromatic carbocycles. The van der Waals surface area contributed by atoms with E-state index in [2.05, 4.69) is 36.5 Å². The number of hydrogen-bond donors (Lipinski definition) is 1. The third-order valence-electron chi connectivity index (χ3n) is 5.83. The van der Waals surface area contributed by atoms with Crippen molar-refractivity contribution in [3.8, 4) is 5.75 Å². The molecule has 1 N–H and O–H groups in total. The molecular formula is C28H31Cl2NO2. The minimum Gasteiger partial charge on any atom is -0.478 e. The third-order valence-corrected chi connectivity index (χ3v) is 6.32. The zero-order chi connectivity index (χ0) is 24.0. The Balaban J connectivity index is 1.81. The van der Waals surface area contributed by atoms with Gasteiger partial charge in [-0.15, -0.1) is 0 Å². The Morgan fingerprint density at radius 2 is 1.64 bits per heavy atom. The normalized spacial score (nSPS) is 13.3. The lowest BCUT2D eigenvalue weighted by Crippen LogP contribution is -2.51. The first-order chi connectivity index (χ1) is 15.7. The molecule has 3 nitrogen and oxygen atoms in total. The molecule has 2 unspecified atom stereocenters. The van der Waals surface area contributed by atoms with E-state index in [1.807, 2.05) is 31.2 Å². The lowest BCUT2D eigenvalue weighted by Gasteiger charge is -2.31. The number of amides is 1. The third kappa shape index (κ3) is 6.99. The van der Waals surface area contributed by atoms with Gasteiger partial charge in [0.1, 0.15) is 5.75 Å². The fourth-order valence-electron chi connectivity index (χ4n) is 3.85. The SMILES string of the molecule is CCc1cccc(C(Cc2ccc(Cl)cc2)C(C)NC(=O)C(C)(C)Oc2cccc(Cl)c2)c1. The van der Waals surface area contributed by atoms with Crippen molar-refractivity contribution in [2.75, 3.05) is 0 Å². The minimum absolute atomic E-state index is 0.0867. The summed E-state index contributed by atoms with van der Waals surface area (Å²) in [5.41, 5.74) is 2.58. The van der Waals surface area contributed by atoms with Gasteiger partial charge >= 0.3 is 0 Å². The second-order valence-electron chi connectivity index (χ2n) is 8.87. The van der Waals surface area contributed by atoms with E-state index in [0.717, 1.165) is 12.8 Å². The summed E-state index contributed by atoms with van der Waals surface area (Å²) < 4.78 is 5.99. The summed E-state index contributed by atoms with van der Waals surface area (Å²) in [7, 11) is 0. The van der Waals surface area contributed by atoms with Crippen molar-refractivity contribution in [3.63, 3.8) is 0 Å². The van der Waals surface area contributed by atoms with E-state index >= 15 is 0 Å². The monoisotopic (exact) mass is 483 g/mol. The van der Waals surface area contributed by atoms with Crippen LogP contribution in [0.15, 0.2) is 72.8 Å². The molecule has 0 fully saturated rings. The summed E-state index contributed by atoms with van der Waals surface area (Å²) >= 11 is 12.2. The summed E-state index contributed by atoms with van der Waals surface area (Å²) in [4.78, 5) is 13.2. The molecule has 3 rings (SSSR count). The number of nitrogens with one attached hydrogen (secondary N) is 1. The Hall–Kier alpha value is -2.49. The zero-order valence-electron chi connectivity index (χ0n) is 19.6. The molecule has 1 amide bonds. The van der Waals surface area contributed by atoms with Gasteiger partial charge in [0, 0.05) is 22.0 Å². The predicted molar refractivity (Wildman–Crippen MR) is 137 cm³/mol. The summed E-state index contributed by atoms with van der Waals surface area (Å²) in [6.07, 6.45) is 1.74. The van der Waals surface area contributed by atoms with E-state index in [1.54, 1.807) is 38.1 Å². The standard InChI is InChI=1S/C28H31Cl2NO2/c1-5-20-8-6-9-22(16-20)26(17-21-12-14-23(29)15-13-21)19(2)31-27(32)28(3,4)33-25-11-7-10-24(30)18-25/h6-16,18-19,26H,5,17H2,1-4H3,(H,31,32). The number of ether oxygens (including phenoxy) is 1. The van der Waals surface area contributed by atoms with E-state index < -0.39 is 5.60 Å². The number of hydrogen-bond acceptors (Lipinski definition) is 2. The van der Waals surface area contributed by atoms with Gasteiger partial charge in [-0.05, 0) is 80.6 Å². The summed E-state index contributed by atoms with van der Waals surface area (Å²) in [5, 5.41) is 4.48. The average Bonchev–Trinajstić information content (AvgIpc) is 2.78. The maximum absolute atomic E-state index is 13.2. The van der Waals surface area contributed by atoms with Gasteiger partial charge in [0.05, 0.1) is 0 Å². The predicted octanol–water partition coefficient (Wildman–Crippen LogP) is 7.24. The Morgan fingerprint density at radius 1 is 0.939 bits per heavy atom. The first kappa shape index (κ1) is 25.1. The van der Waals surface area contributed by atoms with Crippen LogP contribution in [0.1, 0.15) is 50.3 Å². The van der Waals surface area contributed by atoms with Gasteiger partial charge < -0.3 is 10.1 Å². The van der Waals surface area contributed by atoms with E-state index in [1.165, 1.54) is 16.7 Å². The molecule has 0 saturated carbocycles. The first-order valence-corrected chi connectivity index (χ1v) is 12.0. The van der Waals surface area contributed by atoms with Crippen LogP contribution in [0.3, 0.4) is 0 Å². The molecule has 0 bridgehead atoms. The second-order valence-corrected chi connectivity index (χ2v) is 9.74. The molecule has 0 spiro atoms. The van der Waals surface area contributed by atoms with Crippen molar-refractivity contribution in [2.24, 2.45) is 0 Å². The van der Waals surface area contributed by atoms with Crippen LogP contribution in [0, 0.1) is 0 Å². The minimum atomic E-state index is -1.06. The van der Waals surface area contributed by atoms with E-state index in [4.69, 9.17) is 27.9 Å². The molecule has 174 valence electrons. The van der Waals surface area contributed by atoms with Crippen molar-refractivity contribution in [1.82, 2.24) is 5.32 Å². The molecular weight excluding hydrogens is 453 g/mol. The lowest BCUT2D eigenvalue weighted by molar-refractivity contribution is -0.135. The number of carbonyl (C=O) groups excluding carboxylic acids is 1. The van der Waals surface area contributed by atoms with Gasteiger partial charge in [0.25, 0.3) is 5.91 Å². The van der Waals surface area contributed by atoms with Gasteiger partial charge in [0.2, 0.25) is 0 Å². The van der Waals surface area contributed by atoms with Crippen LogP contribution in [0.25, 0.3) is 0 Å². The maximum atomic E-state index is 13.2. The van der Waals surface area contributed by atoms with E-state index in [-0.39, 0.29) is 17.9 Å². The Bertz CT molecular complexity index is 1080. The molecule has 0 aliphatic rings. The Morgan fingerprint density at radius 3 is 2.30 bits per heavy atom. The molecule has 0 saturated heterocycles. The van der Waals surface area contributed by atoms with Gasteiger partial charge in [-0.3, -0.25) is 4.79 Å². The summed E-state index contributed by atoms with van der Waals surface area (Å²) in [5.74, 6) is 0.468. The number of benzene rings is 3. The molecule has 0 aliphatic heterocycles. The van der Waals surface area contributed by atoms with Crippen LogP contribution in [-0.4, -0.2) is 17.6 Å². The van der Waals surface area contributed by atoms with Crippen LogP contribution in [0.2, 0.25) is 10.0 Å². The first-order valence-electron chi connectivity index (χ1n) is 11.3. The highest BCUT2D eigenvalue weighted by atomic mass is 35.5. The van der Waals surface area contributed by atoms with E-state index in [9.17, 15) is 4.79 Å². The number of rotatable bonds is 9. The Kier molecular flexibility index (Phi) is 8.45. The molecule has 3 aromatic rings. The maximum Gasteiger partial charge on any atom is 0.263 e. The van der Waals surface area contributed by atoms with Crippen LogP contribution >= 0.6 is 23.2 Å². The van der Waals surface area contributed by atoms with Crippen molar-refractivity contribution in [3.05, 3.63) is 99.5 Å². The molecule has 0 aliphatic carbocycles. The summed E-state index contributed by atoms with van der Waals surface area (Å²) in [6.45, 7) is 7.73. The van der Waals surface area contributed by atoms with Crippen molar-refractivity contribution in [2.45, 2.75) is 58.1 Å². The topological polar surface area (TPSA) is 38.3 Å². The van der Waals surface area contributed by atoms with Gasteiger partial charge in [-0.1, -0.05) is 72.6 Å². The number of halogens is 2. The van der Waals surface area contributed by atoms with Crippen LogP contribution in [0.5, 0.6) is 5.75 Å². The van der Waals surface area contributed by atoms with Gasteiger partial charge in [0.15, 0.2) is 5.60 Å². The van der Waals surface area contributed by atoms with Crippen LogP contribution < -0.4 is 10.1 Å². The largest absolute Gasteiger partial charge is 0.478 e. The zero-order valence-corrected chi connectivity index (χ0v) is 21.1. The number of aryl methyl sites for hydroxylation is 1. The molecule has 0 heterocycles. The second kappa shape index (κ2) is 11.1. The highest BCUT2D eigenvalue weighted by molar-refractivity contribution is 6.30. The average molecular weight is 484 g/mol. The molecule has 2 atom stereocenters. The number of carbonyl (C=O) groups is 1. The van der Waals surface area contributed by atoms with Crippen LogP contribution in [-0.2, 0) is 17.6 Å². The molecule has 0 radical (unpaired) electrons. The Labute approximate surface area is 207 Å².